The fourth-order valence-electron chi connectivity index (χ4n) is 0.766. The van der Waals surface area contributed by atoms with Gasteiger partial charge in [-0.05, 0) is 0 Å². The van der Waals surface area contributed by atoms with E-state index >= 15 is 0 Å². The second-order valence-corrected chi connectivity index (χ2v) is 2.78. The Bertz CT molecular complexity index is 255. The third kappa shape index (κ3) is 7.40. The van der Waals surface area contributed by atoms with E-state index in [4.69, 9.17) is 15.9 Å². The van der Waals surface area contributed by atoms with Crippen molar-refractivity contribution in [2.24, 2.45) is 5.73 Å². The van der Waals surface area contributed by atoms with Crippen molar-refractivity contribution in [3.63, 3.8) is 0 Å². The average Bonchev–Trinajstić information content (AvgIpc) is 2.08. The maximum absolute atomic E-state index is 10.5. The van der Waals surface area contributed by atoms with E-state index in [1.165, 1.54) is 0 Å². The Morgan fingerprint density at radius 2 is 1.87 bits per heavy atom. The van der Waals surface area contributed by atoms with Crippen LogP contribution in [0.1, 0.15) is 12.8 Å². The van der Waals surface area contributed by atoms with Gasteiger partial charge in [0, 0.05) is 6.54 Å². The number of primary amides is 1. The molecule has 0 radical (unpaired) electrons. The number of aliphatic carboxylic acids is 2. The van der Waals surface area contributed by atoms with Gasteiger partial charge in [0.1, 0.15) is 6.04 Å². The number of hydrogen-bond donors (Lipinski definition) is 5. The molecule has 0 aromatic carbocycles. The van der Waals surface area contributed by atoms with Crippen molar-refractivity contribution in [1.29, 1.82) is 0 Å². The molecular formula is C7H13N3O5. The fourth-order valence-corrected chi connectivity index (χ4v) is 0.766. The summed E-state index contributed by atoms with van der Waals surface area (Å²) in [6.45, 7) is 0.0534. The van der Waals surface area contributed by atoms with E-state index in [0.717, 1.165) is 0 Å². The second-order valence-electron chi connectivity index (χ2n) is 2.78. The number of carboxylic acid groups (broad SMARTS) is 2. The summed E-state index contributed by atoms with van der Waals surface area (Å²) in [6, 6.07) is -1.16. The number of carbonyl (C=O) groups excluding carboxylic acids is 1. The lowest BCUT2D eigenvalue weighted by atomic mass is 10.2. The maximum Gasteiger partial charge on any atom is 0.322 e. The highest BCUT2D eigenvalue weighted by atomic mass is 16.4. The first-order chi connectivity index (χ1) is 6.93. The van der Waals surface area contributed by atoms with E-state index in [1.54, 1.807) is 0 Å². The summed E-state index contributed by atoms with van der Waals surface area (Å²) in [7, 11) is 0. The fraction of sp³-hybridized carbons (Fsp3) is 0.571. The van der Waals surface area contributed by atoms with Crippen LogP contribution in [0, 0.1) is 0 Å². The van der Waals surface area contributed by atoms with Crippen LogP contribution in [-0.2, 0) is 14.4 Å². The highest BCUT2D eigenvalue weighted by molar-refractivity contribution is 5.83. The Morgan fingerprint density at radius 3 is 2.27 bits per heavy atom. The minimum absolute atomic E-state index is 0.0534. The molecule has 0 aromatic heterocycles. The number of amides is 1. The number of carboxylic acids is 2. The van der Waals surface area contributed by atoms with Crippen molar-refractivity contribution in [2.45, 2.75) is 18.9 Å². The Balaban J connectivity index is 3.81. The van der Waals surface area contributed by atoms with Crippen molar-refractivity contribution in [1.82, 2.24) is 10.9 Å². The molecule has 8 heteroatoms. The molecule has 1 amide bonds. The molecule has 1 atom stereocenters. The molecule has 8 nitrogen and oxygen atoms in total. The third-order valence-corrected chi connectivity index (χ3v) is 1.44. The van der Waals surface area contributed by atoms with Gasteiger partial charge in [-0.25, -0.2) is 5.43 Å². The van der Waals surface area contributed by atoms with Crippen LogP contribution in [0.3, 0.4) is 0 Å². The summed E-state index contributed by atoms with van der Waals surface area (Å²) < 4.78 is 0. The Morgan fingerprint density at radius 1 is 1.27 bits per heavy atom. The molecule has 0 aromatic rings. The number of carbonyl (C=O) groups is 3. The van der Waals surface area contributed by atoms with Crippen molar-refractivity contribution < 1.29 is 24.6 Å². The number of hydrazine groups is 1. The minimum atomic E-state index is -1.24. The van der Waals surface area contributed by atoms with Crippen LogP contribution in [0.2, 0.25) is 0 Å². The quantitative estimate of drug-likeness (QED) is 0.232. The predicted molar refractivity (Wildman–Crippen MR) is 48.6 cm³/mol. The van der Waals surface area contributed by atoms with Gasteiger partial charge in [-0.1, -0.05) is 0 Å². The van der Waals surface area contributed by atoms with Gasteiger partial charge < -0.3 is 15.9 Å². The zero-order chi connectivity index (χ0) is 11.8. The topological polar surface area (TPSA) is 142 Å². The first-order valence-corrected chi connectivity index (χ1v) is 4.14. The largest absolute Gasteiger partial charge is 0.481 e. The zero-order valence-electron chi connectivity index (χ0n) is 7.90. The molecule has 0 aliphatic heterocycles. The molecule has 15 heavy (non-hydrogen) atoms. The lowest BCUT2D eigenvalue weighted by molar-refractivity contribution is -0.141. The van der Waals surface area contributed by atoms with E-state index in [9.17, 15) is 14.4 Å². The van der Waals surface area contributed by atoms with Gasteiger partial charge in [0.25, 0.3) is 0 Å². The summed E-state index contributed by atoms with van der Waals surface area (Å²) in [5.74, 6) is -3.00. The smallest absolute Gasteiger partial charge is 0.322 e. The molecule has 0 aliphatic rings. The van der Waals surface area contributed by atoms with Crippen LogP contribution in [0.5, 0.6) is 0 Å². The third-order valence-electron chi connectivity index (χ3n) is 1.44. The molecule has 0 aliphatic carbocycles. The van der Waals surface area contributed by atoms with E-state index in [1.807, 2.05) is 0 Å². The number of rotatable bonds is 8. The molecule has 0 rings (SSSR count). The van der Waals surface area contributed by atoms with Gasteiger partial charge in [-0.15, -0.1) is 0 Å². The molecule has 0 fully saturated rings. The molecule has 6 N–H and O–H groups in total. The van der Waals surface area contributed by atoms with Gasteiger partial charge in [0.15, 0.2) is 0 Å². The van der Waals surface area contributed by atoms with E-state index < -0.39 is 23.9 Å². The number of hydrogen-bond acceptors (Lipinski definition) is 5. The highest BCUT2D eigenvalue weighted by Gasteiger charge is 2.18. The summed E-state index contributed by atoms with van der Waals surface area (Å²) >= 11 is 0. The van der Waals surface area contributed by atoms with Gasteiger partial charge in [-0.2, -0.15) is 0 Å². The molecular weight excluding hydrogens is 206 g/mol. The zero-order valence-corrected chi connectivity index (χ0v) is 7.90. The van der Waals surface area contributed by atoms with Crippen LogP contribution in [0.4, 0.5) is 0 Å². The number of nitrogens with two attached hydrogens (primary N) is 1. The van der Waals surface area contributed by atoms with Crippen LogP contribution >= 0.6 is 0 Å². The SMILES string of the molecule is NC(=O)C[C@H](NNCCC(=O)O)C(=O)O. The summed E-state index contributed by atoms with van der Waals surface area (Å²) in [5.41, 5.74) is 9.50. The van der Waals surface area contributed by atoms with Gasteiger partial charge in [0.2, 0.25) is 5.91 Å². The predicted octanol–water partition coefficient (Wildman–Crippen LogP) is -2.12. The molecule has 86 valence electrons. The summed E-state index contributed by atoms with van der Waals surface area (Å²) in [4.78, 5) is 31.1. The van der Waals surface area contributed by atoms with Crippen molar-refractivity contribution in [3.8, 4) is 0 Å². The first-order valence-electron chi connectivity index (χ1n) is 4.14. The summed E-state index contributed by atoms with van der Waals surface area (Å²) in [6.07, 6.45) is -0.523. The van der Waals surface area contributed by atoms with E-state index in [2.05, 4.69) is 10.9 Å². The van der Waals surface area contributed by atoms with Crippen molar-refractivity contribution >= 4 is 17.8 Å². The molecule has 0 unspecified atom stereocenters. The van der Waals surface area contributed by atoms with Crippen LogP contribution in [0.15, 0.2) is 0 Å². The Hall–Kier alpha value is -1.67. The van der Waals surface area contributed by atoms with Gasteiger partial charge in [-0.3, -0.25) is 19.8 Å². The lowest BCUT2D eigenvalue weighted by Crippen LogP contribution is -2.47. The molecule has 0 saturated carbocycles. The molecule has 0 heterocycles. The number of nitrogens with one attached hydrogen (secondary N) is 2. The van der Waals surface area contributed by atoms with Crippen LogP contribution in [0.25, 0.3) is 0 Å². The Labute approximate surface area is 85.4 Å². The normalized spacial score (nSPS) is 12.0. The standard InChI is InChI=1S/C7H13N3O5/c8-5(11)3-4(7(14)15)10-9-2-1-6(12)13/h4,9-10H,1-3H2,(H2,8,11)(H,12,13)(H,14,15)/t4-/m0/s1. The van der Waals surface area contributed by atoms with E-state index in [0.29, 0.717) is 0 Å². The van der Waals surface area contributed by atoms with Crippen LogP contribution in [-0.4, -0.2) is 40.6 Å². The molecule has 0 saturated heterocycles. The van der Waals surface area contributed by atoms with Gasteiger partial charge in [0.05, 0.1) is 12.8 Å². The second kappa shape index (κ2) is 6.74. The lowest BCUT2D eigenvalue weighted by Gasteiger charge is -2.12. The first kappa shape index (κ1) is 13.3. The average molecular weight is 219 g/mol. The highest BCUT2D eigenvalue weighted by Crippen LogP contribution is 1.89. The monoisotopic (exact) mass is 219 g/mol. The molecule has 0 bridgehead atoms. The molecule has 0 spiro atoms. The van der Waals surface area contributed by atoms with Crippen LogP contribution < -0.4 is 16.6 Å². The van der Waals surface area contributed by atoms with Crippen molar-refractivity contribution in [2.75, 3.05) is 6.54 Å². The minimum Gasteiger partial charge on any atom is -0.481 e. The van der Waals surface area contributed by atoms with Crippen molar-refractivity contribution in [3.05, 3.63) is 0 Å². The summed E-state index contributed by atoms with van der Waals surface area (Å²) in [5, 5.41) is 16.9. The maximum atomic E-state index is 10.5. The van der Waals surface area contributed by atoms with Gasteiger partial charge >= 0.3 is 11.9 Å². The Kier molecular flexibility index (Phi) is 5.99. The van der Waals surface area contributed by atoms with E-state index in [-0.39, 0.29) is 19.4 Å².